The number of amides is 4. The lowest BCUT2D eigenvalue weighted by Gasteiger charge is -2.47. The second-order valence-corrected chi connectivity index (χ2v) is 12.3. The summed E-state index contributed by atoms with van der Waals surface area (Å²) >= 11 is 6.08. The standard InChI is InChI=1S/C31H50ClN7O3/c1-7-31(5,33-6)29(41)35-27(21-24-9-11-25(32)12-10-24)28(40)36-17-19-38(20-18-36)39(22-23(3)4)26-13-15-37(16-14-26)30(42)34-8-2/h7,9-12,23,26-27,33H,1,8,13-22H2,2-6H3,(H,34,42)(H,35,41)/t27-,31?/m1/s1. The van der Waals surface area contributed by atoms with Gasteiger partial charge in [-0.15, -0.1) is 6.58 Å². The van der Waals surface area contributed by atoms with Crippen molar-refractivity contribution in [3.05, 3.63) is 47.5 Å². The first kappa shape index (κ1) is 33.8. The third-order valence-corrected chi connectivity index (χ3v) is 8.59. The van der Waals surface area contributed by atoms with Crippen LogP contribution in [0.2, 0.25) is 5.02 Å². The van der Waals surface area contributed by atoms with E-state index in [1.807, 2.05) is 28.9 Å². The molecule has 234 valence electrons. The molecule has 0 aliphatic carbocycles. The van der Waals surface area contributed by atoms with Gasteiger partial charge in [-0.25, -0.2) is 14.8 Å². The largest absolute Gasteiger partial charge is 0.342 e. The first-order chi connectivity index (χ1) is 20.0. The van der Waals surface area contributed by atoms with E-state index in [0.29, 0.717) is 43.0 Å². The van der Waals surface area contributed by atoms with Gasteiger partial charge < -0.3 is 25.8 Å². The zero-order valence-electron chi connectivity index (χ0n) is 26.0. The number of likely N-dealkylation sites (N-methyl/N-ethyl adjacent to an activating group) is 1. The number of piperazine rings is 1. The summed E-state index contributed by atoms with van der Waals surface area (Å²) in [5.41, 5.74) is -0.0787. The molecule has 42 heavy (non-hydrogen) atoms. The Hall–Kier alpha value is -2.66. The van der Waals surface area contributed by atoms with Crippen LogP contribution in [0.15, 0.2) is 36.9 Å². The third kappa shape index (κ3) is 8.92. The second-order valence-electron chi connectivity index (χ2n) is 11.9. The highest BCUT2D eigenvalue weighted by atomic mass is 35.5. The average molecular weight is 604 g/mol. The van der Waals surface area contributed by atoms with Gasteiger partial charge in [-0.3, -0.25) is 9.59 Å². The average Bonchev–Trinajstić information content (AvgIpc) is 3.00. The SMILES string of the molecule is C=CC(C)(NC)C(=O)N[C@H](Cc1ccc(Cl)cc1)C(=O)N1CCN(N(CC(C)C)C2CCN(C(=O)NCC)CC2)CC1. The van der Waals surface area contributed by atoms with Crippen LogP contribution in [0.5, 0.6) is 0 Å². The molecule has 0 bridgehead atoms. The van der Waals surface area contributed by atoms with Crippen molar-refractivity contribution in [2.75, 3.05) is 59.4 Å². The zero-order chi connectivity index (χ0) is 30.9. The topological polar surface area (TPSA) is 100 Å². The number of rotatable bonds is 12. The van der Waals surface area contributed by atoms with Crippen molar-refractivity contribution in [3.63, 3.8) is 0 Å². The van der Waals surface area contributed by atoms with Gasteiger partial charge in [0.1, 0.15) is 11.6 Å². The van der Waals surface area contributed by atoms with E-state index in [0.717, 1.165) is 51.1 Å². The molecule has 1 aromatic carbocycles. The maximum Gasteiger partial charge on any atom is 0.317 e. The molecule has 2 aliphatic heterocycles. The molecule has 2 aliphatic rings. The van der Waals surface area contributed by atoms with Gasteiger partial charge in [0.25, 0.3) is 0 Å². The maximum absolute atomic E-state index is 13.9. The Morgan fingerprint density at radius 3 is 2.21 bits per heavy atom. The second kappa shape index (κ2) is 15.7. The monoisotopic (exact) mass is 603 g/mol. The van der Waals surface area contributed by atoms with Crippen LogP contribution in [0, 0.1) is 5.92 Å². The van der Waals surface area contributed by atoms with Crippen LogP contribution in [-0.4, -0.2) is 115 Å². The molecular formula is C31H50ClN7O3. The highest BCUT2D eigenvalue weighted by Crippen LogP contribution is 2.22. The Bertz CT molecular complexity index is 1050. The van der Waals surface area contributed by atoms with Gasteiger partial charge in [0.2, 0.25) is 11.8 Å². The van der Waals surface area contributed by atoms with Gasteiger partial charge in [0.05, 0.1) is 0 Å². The number of carbonyl (C=O) groups is 3. The summed E-state index contributed by atoms with van der Waals surface area (Å²) in [6, 6.07) is 7.02. The molecule has 2 saturated heterocycles. The molecule has 10 nitrogen and oxygen atoms in total. The van der Waals surface area contributed by atoms with Crippen LogP contribution >= 0.6 is 11.6 Å². The summed E-state index contributed by atoms with van der Waals surface area (Å²) in [5, 5.41) is 14.4. The minimum Gasteiger partial charge on any atom is -0.342 e. The summed E-state index contributed by atoms with van der Waals surface area (Å²) < 4.78 is 0. The van der Waals surface area contributed by atoms with Crippen LogP contribution in [0.25, 0.3) is 0 Å². The number of benzene rings is 1. The molecule has 3 N–H and O–H groups in total. The molecule has 2 fully saturated rings. The molecule has 11 heteroatoms. The third-order valence-electron chi connectivity index (χ3n) is 8.34. The smallest absolute Gasteiger partial charge is 0.317 e. The number of nitrogens with zero attached hydrogens (tertiary/aromatic N) is 4. The number of halogens is 1. The van der Waals surface area contributed by atoms with Crippen molar-refractivity contribution in [3.8, 4) is 0 Å². The first-order valence-corrected chi connectivity index (χ1v) is 15.6. The predicted octanol–water partition coefficient (Wildman–Crippen LogP) is 2.74. The minimum absolute atomic E-state index is 0.0156. The fourth-order valence-electron chi connectivity index (χ4n) is 5.57. The summed E-state index contributed by atoms with van der Waals surface area (Å²) in [4.78, 5) is 43.2. The minimum atomic E-state index is -0.999. The molecular weight excluding hydrogens is 554 g/mol. The summed E-state index contributed by atoms with van der Waals surface area (Å²) in [5.74, 6) is 0.0931. The Balaban J connectivity index is 1.68. The van der Waals surface area contributed by atoms with E-state index in [4.69, 9.17) is 11.6 Å². The number of hydrogen-bond donors (Lipinski definition) is 3. The lowest BCUT2D eigenvalue weighted by Crippen LogP contribution is -2.63. The van der Waals surface area contributed by atoms with Crippen LogP contribution in [0.1, 0.15) is 46.1 Å². The Labute approximate surface area is 256 Å². The number of hydrogen-bond acceptors (Lipinski definition) is 6. The van der Waals surface area contributed by atoms with Gasteiger partial charge in [0.15, 0.2) is 0 Å². The molecule has 4 amide bonds. The molecule has 1 unspecified atom stereocenters. The van der Waals surface area contributed by atoms with E-state index in [2.05, 4.69) is 46.4 Å². The molecule has 0 radical (unpaired) electrons. The molecule has 1 aromatic rings. The fraction of sp³-hybridized carbons (Fsp3) is 0.645. The molecule has 2 atom stereocenters. The van der Waals surface area contributed by atoms with Gasteiger partial charge in [0, 0.05) is 69.8 Å². The van der Waals surface area contributed by atoms with E-state index in [9.17, 15) is 14.4 Å². The number of hydrazine groups is 1. The quantitative estimate of drug-likeness (QED) is 0.318. The van der Waals surface area contributed by atoms with Gasteiger partial charge in [-0.2, -0.15) is 0 Å². The van der Waals surface area contributed by atoms with Gasteiger partial charge >= 0.3 is 6.03 Å². The summed E-state index contributed by atoms with van der Waals surface area (Å²) in [7, 11) is 1.70. The van der Waals surface area contributed by atoms with Crippen molar-refractivity contribution < 1.29 is 14.4 Å². The highest BCUT2D eigenvalue weighted by Gasteiger charge is 2.36. The Morgan fingerprint density at radius 1 is 1.07 bits per heavy atom. The number of likely N-dealkylation sites (tertiary alicyclic amines) is 1. The van der Waals surface area contributed by atoms with Crippen molar-refractivity contribution >= 4 is 29.4 Å². The van der Waals surface area contributed by atoms with Crippen molar-refractivity contribution in [2.24, 2.45) is 5.92 Å². The van der Waals surface area contributed by atoms with Crippen LogP contribution in [0.4, 0.5) is 4.79 Å². The van der Waals surface area contributed by atoms with E-state index >= 15 is 0 Å². The molecule has 0 aromatic heterocycles. The van der Waals surface area contributed by atoms with Crippen LogP contribution in [-0.2, 0) is 16.0 Å². The summed E-state index contributed by atoms with van der Waals surface area (Å²) in [6.07, 6.45) is 3.76. The highest BCUT2D eigenvalue weighted by molar-refractivity contribution is 6.30. The van der Waals surface area contributed by atoms with Crippen molar-refractivity contribution in [1.82, 2.24) is 35.8 Å². The van der Waals surface area contributed by atoms with E-state index in [1.54, 1.807) is 32.2 Å². The lowest BCUT2D eigenvalue weighted by molar-refractivity contribution is -0.145. The molecule has 0 saturated carbocycles. The number of nitrogens with one attached hydrogen (secondary N) is 3. The van der Waals surface area contributed by atoms with E-state index < -0.39 is 11.6 Å². The van der Waals surface area contributed by atoms with E-state index in [-0.39, 0.29) is 17.8 Å². The fourth-order valence-corrected chi connectivity index (χ4v) is 5.69. The number of urea groups is 1. The van der Waals surface area contributed by atoms with Crippen LogP contribution < -0.4 is 16.0 Å². The lowest BCUT2D eigenvalue weighted by atomic mass is 9.99. The van der Waals surface area contributed by atoms with Gasteiger partial charge in [-0.05, 0) is 57.4 Å². The summed E-state index contributed by atoms with van der Waals surface area (Å²) in [6.45, 7) is 17.6. The normalized spacial score (nSPS) is 19.0. The number of carbonyl (C=O) groups excluding carboxylic acids is 3. The Morgan fingerprint density at radius 2 is 1.69 bits per heavy atom. The predicted molar refractivity (Wildman–Crippen MR) is 168 cm³/mol. The first-order valence-electron chi connectivity index (χ1n) is 15.2. The van der Waals surface area contributed by atoms with Gasteiger partial charge in [-0.1, -0.05) is 43.7 Å². The Kier molecular flexibility index (Phi) is 12.7. The number of piperidine rings is 1. The van der Waals surface area contributed by atoms with Crippen LogP contribution in [0.3, 0.4) is 0 Å². The maximum atomic E-state index is 13.9. The molecule has 0 spiro atoms. The van der Waals surface area contributed by atoms with Crippen molar-refractivity contribution in [1.29, 1.82) is 0 Å². The van der Waals surface area contributed by atoms with Crippen molar-refractivity contribution in [2.45, 2.75) is 64.6 Å². The molecule has 2 heterocycles. The zero-order valence-corrected chi connectivity index (χ0v) is 26.8. The molecule has 3 rings (SSSR count). The van der Waals surface area contributed by atoms with E-state index in [1.165, 1.54) is 0 Å².